The van der Waals surface area contributed by atoms with E-state index in [4.69, 9.17) is 0 Å². The van der Waals surface area contributed by atoms with E-state index in [0.29, 0.717) is 0 Å². The lowest BCUT2D eigenvalue weighted by molar-refractivity contribution is -0.675. The number of aromatic nitrogens is 5. The van der Waals surface area contributed by atoms with Crippen LogP contribution in [-0.4, -0.2) is 14.1 Å². The third kappa shape index (κ3) is 3.65. The van der Waals surface area contributed by atoms with Gasteiger partial charge in [0.1, 0.15) is 0 Å². The Morgan fingerprint density at radius 3 is 1.36 bits per heavy atom. The molecule has 0 fully saturated rings. The molecule has 0 amide bonds. The van der Waals surface area contributed by atoms with E-state index >= 15 is 0 Å². The highest BCUT2D eigenvalue weighted by Gasteiger charge is 2.22. The maximum Gasteiger partial charge on any atom is 0.243 e. The van der Waals surface area contributed by atoms with Crippen LogP contribution in [0.4, 0.5) is 0 Å². The first-order valence-electron chi connectivity index (χ1n) is 11.5. The Hall–Kier alpha value is -3.34. The first-order chi connectivity index (χ1) is 15.4. The summed E-state index contributed by atoms with van der Waals surface area (Å²) in [6.45, 7) is 13.6. The lowest BCUT2D eigenvalue weighted by atomic mass is 9.84. The molecule has 33 heavy (non-hydrogen) atoms. The van der Waals surface area contributed by atoms with E-state index in [1.807, 2.05) is 35.6 Å². The smallest absolute Gasteiger partial charge is 0.243 e. The summed E-state index contributed by atoms with van der Waals surface area (Å²) in [5.74, 6) is 0. The Balaban J connectivity index is 1.94. The highest BCUT2D eigenvalue weighted by atomic mass is 15.1. The van der Waals surface area contributed by atoms with Gasteiger partial charge >= 0.3 is 0 Å². The van der Waals surface area contributed by atoms with Crippen LogP contribution in [0.5, 0.6) is 0 Å². The van der Waals surface area contributed by atoms with Crippen molar-refractivity contribution in [1.82, 2.24) is 14.1 Å². The largest absolute Gasteiger partial charge is 0.363 e. The monoisotopic (exact) mass is 439 g/mol. The van der Waals surface area contributed by atoms with Crippen molar-refractivity contribution in [2.45, 2.75) is 52.4 Å². The molecule has 0 bridgehead atoms. The Morgan fingerprint density at radius 2 is 1.06 bits per heavy atom. The summed E-state index contributed by atoms with van der Waals surface area (Å²) in [6.07, 6.45) is 15.0. The van der Waals surface area contributed by atoms with E-state index in [1.165, 1.54) is 21.9 Å². The van der Waals surface area contributed by atoms with Crippen LogP contribution in [0, 0.1) is 12.7 Å². The second-order valence-corrected chi connectivity index (χ2v) is 11.2. The zero-order valence-electron chi connectivity index (χ0n) is 20.9. The van der Waals surface area contributed by atoms with Crippen molar-refractivity contribution in [2.75, 3.05) is 0 Å². The summed E-state index contributed by atoms with van der Waals surface area (Å²) in [7, 11) is 4.00. The molecule has 0 unspecified atom stereocenters. The minimum Gasteiger partial charge on any atom is -0.363 e. The third-order valence-electron chi connectivity index (χ3n) is 6.44. The maximum absolute atomic E-state index is 3.79. The third-order valence-corrected chi connectivity index (χ3v) is 6.44. The van der Waals surface area contributed by atoms with Gasteiger partial charge < -0.3 is 23.3 Å². The standard InChI is InChI=1S/C28H33N5/c1-27(2,3)19-13-21-22-14-20(28(4,5)6)16-24(33-12-10-31(8)18-33)26(22)29-25(21)23(15-19)32-11-9-30(7)17-32/h9-16,29H,1-8H3. The predicted molar refractivity (Wildman–Crippen MR) is 132 cm³/mol. The van der Waals surface area contributed by atoms with E-state index in [1.54, 1.807) is 0 Å². The van der Waals surface area contributed by atoms with Crippen molar-refractivity contribution >= 4 is 21.8 Å². The number of nitrogens with one attached hydrogen (secondary N) is 1. The molecule has 170 valence electrons. The van der Waals surface area contributed by atoms with Crippen molar-refractivity contribution < 1.29 is 9.13 Å². The number of nitrogens with zero attached hydrogens (tertiary/aromatic N) is 4. The van der Waals surface area contributed by atoms with Gasteiger partial charge in [0, 0.05) is 35.6 Å². The molecule has 5 nitrogen and oxygen atoms in total. The van der Waals surface area contributed by atoms with E-state index < -0.39 is 0 Å². The number of aromatic amines is 1. The Labute approximate surface area is 195 Å². The molecule has 3 heterocycles. The number of fused-ring (bicyclic) bond motifs is 3. The van der Waals surface area contributed by atoms with Crippen LogP contribution < -0.4 is 9.13 Å². The zero-order valence-corrected chi connectivity index (χ0v) is 20.9. The second-order valence-electron chi connectivity index (χ2n) is 11.2. The first-order valence-corrected chi connectivity index (χ1v) is 11.5. The summed E-state index contributed by atoms with van der Waals surface area (Å²) in [6, 6.07) is 9.30. The number of hydrogen-bond donors (Lipinski definition) is 1. The van der Waals surface area contributed by atoms with Gasteiger partial charge in [-0.05, 0) is 34.1 Å². The number of imidazole rings is 2. The summed E-state index contributed by atoms with van der Waals surface area (Å²) in [4.78, 5) is 3.79. The number of aryl methyl sites for hydroxylation is 2. The minimum atomic E-state index is 0.0221. The molecule has 5 aromatic rings. The van der Waals surface area contributed by atoms with Gasteiger partial charge in [-0.1, -0.05) is 53.7 Å². The van der Waals surface area contributed by atoms with Crippen LogP contribution in [0.1, 0.15) is 52.7 Å². The quantitative estimate of drug-likeness (QED) is 0.304. The van der Waals surface area contributed by atoms with Gasteiger partial charge in [0.25, 0.3) is 0 Å². The van der Waals surface area contributed by atoms with Gasteiger partial charge in [0.15, 0.2) is 0 Å². The van der Waals surface area contributed by atoms with Gasteiger partial charge in [-0.2, -0.15) is 0 Å². The topological polar surface area (TPSA) is 33.4 Å². The van der Waals surface area contributed by atoms with Gasteiger partial charge in [-0.25, -0.2) is 0 Å². The molecule has 2 aromatic carbocycles. The van der Waals surface area contributed by atoms with Crippen molar-refractivity contribution in [1.29, 1.82) is 0 Å². The van der Waals surface area contributed by atoms with E-state index in [9.17, 15) is 0 Å². The van der Waals surface area contributed by atoms with Gasteiger partial charge in [0.2, 0.25) is 12.7 Å². The molecule has 0 spiro atoms. The Morgan fingerprint density at radius 1 is 0.667 bits per heavy atom. The van der Waals surface area contributed by atoms with Gasteiger partial charge in [-0.3, -0.25) is 0 Å². The lowest BCUT2D eigenvalue weighted by Gasteiger charge is -2.22. The van der Waals surface area contributed by atoms with E-state index in [-0.39, 0.29) is 10.8 Å². The summed E-state index contributed by atoms with van der Waals surface area (Å²) in [5, 5.41) is 2.47. The number of rotatable bonds is 2. The van der Waals surface area contributed by atoms with Crippen molar-refractivity contribution in [2.24, 2.45) is 14.1 Å². The van der Waals surface area contributed by atoms with Crippen molar-refractivity contribution in [3.05, 3.63) is 72.8 Å². The predicted octanol–water partition coefficient (Wildman–Crippen LogP) is 4.75. The number of benzene rings is 2. The fourth-order valence-electron chi connectivity index (χ4n) is 4.39. The van der Waals surface area contributed by atoms with Crippen LogP contribution in [0.2, 0.25) is 0 Å². The highest BCUT2D eigenvalue weighted by molar-refractivity contribution is 6.12. The zero-order chi connectivity index (χ0) is 23.7. The molecule has 5 rings (SSSR count). The maximum atomic E-state index is 3.79. The summed E-state index contributed by atoms with van der Waals surface area (Å²) in [5.41, 5.74) is 7.11. The number of H-pyrrole nitrogens is 1. The van der Waals surface area contributed by atoms with Crippen LogP contribution >= 0.6 is 0 Å². The molecule has 0 atom stereocenters. The van der Waals surface area contributed by atoms with Crippen molar-refractivity contribution in [3.63, 3.8) is 0 Å². The Bertz CT molecular complexity index is 1380. The molecule has 5 heteroatoms. The fourth-order valence-corrected chi connectivity index (χ4v) is 4.39. The average molecular weight is 440 g/mol. The molecule has 0 saturated heterocycles. The van der Waals surface area contributed by atoms with Crippen LogP contribution in [-0.2, 0) is 24.9 Å². The molecule has 0 aliphatic heterocycles. The van der Waals surface area contributed by atoms with Crippen LogP contribution in [0.15, 0.2) is 49.1 Å². The van der Waals surface area contributed by atoms with Gasteiger partial charge in [-0.15, -0.1) is 0 Å². The van der Waals surface area contributed by atoms with Crippen molar-refractivity contribution in [3.8, 4) is 11.4 Å². The molecule has 0 aliphatic rings. The fraction of sp³-hybridized carbons (Fsp3) is 0.357. The van der Waals surface area contributed by atoms with Crippen LogP contribution in [0.25, 0.3) is 33.2 Å². The summed E-state index contributed by atoms with van der Waals surface area (Å²) >= 11 is 0. The molecule has 3 aromatic heterocycles. The highest BCUT2D eigenvalue weighted by Crippen LogP contribution is 2.39. The summed E-state index contributed by atoms with van der Waals surface area (Å²) < 4.78 is 8.07. The van der Waals surface area contributed by atoms with E-state index in [0.717, 1.165) is 22.4 Å². The molecule has 0 aliphatic carbocycles. The Kier molecular flexibility index (Phi) is 4.61. The molecule has 1 N–H and O–H groups in total. The van der Waals surface area contributed by atoms with E-state index in [2.05, 4.69) is 105 Å². The number of hydrogen-bond acceptors (Lipinski definition) is 0. The second kappa shape index (κ2) is 7.08. The molecular weight excluding hydrogens is 406 g/mol. The minimum absolute atomic E-state index is 0.0221. The lowest BCUT2D eigenvalue weighted by Crippen LogP contribution is -2.24. The SMILES string of the molecule is C[n+]1[c-]n(-c2cc(C(C)(C)C)cc3c2[nH]c2c(-n4[c-][n+](C)cc4)cc(C(C)(C)C)cc23)cc1. The normalized spacial score (nSPS) is 12.8. The molecular formula is C28H33N5. The van der Waals surface area contributed by atoms with Crippen LogP contribution in [0.3, 0.4) is 0 Å². The molecule has 0 radical (unpaired) electrons. The average Bonchev–Trinajstić information content (AvgIpc) is 3.43. The first kappa shape index (κ1) is 21.5. The van der Waals surface area contributed by atoms with Gasteiger partial charge in [0.05, 0.1) is 36.5 Å². The molecule has 0 saturated carbocycles.